The molecule has 0 radical (unpaired) electrons. The molecule has 0 spiro atoms. The van der Waals surface area contributed by atoms with Crippen LogP contribution in [0.4, 0.5) is 0 Å². The van der Waals surface area contributed by atoms with E-state index in [0.717, 1.165) is 19.5 Å². The van der Waals surface area contributed by atoms with Crippen LogP contribution in [0.2, 0.25) is 0 Å². The Morgan fingerprint density at radius 2 is 1.81 bits per heavy atom. The van der Waals surface area contributed by atoms with Gasteiger partial charge in [0.25, 0.3) is 0 Å². The summed E-state index contributed by atoms with van der Waals surface area (Å²) >= 11 is 0. The van der Waals surface area contributed by atoms with Gasteiger partial charge in [0.2, 0.25) is 0 Å². The molecule has 0 aliphatic rings. The molecule has 0 saturated heterocycles. The molecule has 2 aromatic heterocycles. The maximum atomic E-state index is 4.07. The molecule has 16 heavy (non-hydrogen) atoms. The van der Waals surface area contributed by atoms with Crippen molar-refractivity contribution in [3.8, 4) is 0 Å². The highest BCUT2D eigenvalue weighted by Gasteiger charge is 1.93. The highest BCUT2D eigenvalue weighted by molar-refractivity contribution is 5.10. The SMILES string of the molecule is c1cncc(CNCCc2ccncc2)c1. The monoisotopic (exact) mass is 213 g/mol. The topological polar surface area (TPSA) is 37.8 Å². The van der Waals surface area contributed by atoms with Crippen LogP contribution < -0.4 is 5.32 Å². The van der Waals surface area contributed by atoms with Gasteiger partial charge in [-0.1, -0.05) is 6.07 Å². The lowest BCUT2D eigenvalue weighted by Crippen LogP contribution is -2.16. The van der Waals surface area contributed by atoms with Crippen LogP contribution in [-0.2, 0) is 13.0 Å². The molecule has 0 saturated carbocycles. The molecular formula is C13H15N3. The van der Waals surface area contributed by atoms with Gasteiger partial charge >= 0.3 is 0 Å². The minimum Gasteiger partial charge on any atom is -0.312 e. The van der Waals surface area contributed by atoms with E-state index in [9.17, 15) is 0 Å². The first-order chi connectivity index (χ1) is 7.95. The Kier molecular flexibility index (Phi) is 4.02. The van der Waals surface area contributed by atoms with Gasteiger partial charge in [-0.2, -0.15) is 0 Å². The van der Waals surface area contributed by atoms with E-state index in [4.69, 9.17) is 0 Å². The summed E-state index contributed by atoms with van der Waals surface area (Å²) in [4.78, 5) is 8.07. The molecule has 3 heteroatoms. The Morgan fingerprint density at radius 1 is 0.938 bits per heavy atom. The Hall–Kier alpha value is -1.74. The minimum atomic E-state index is 0.874. The van der Waals surface area contributed by atoms with Gasteiger partial charge in [-0.25, -0.2) is 0 Å². The van der Waals surface area contributed by atoms with E-state index in [1.807, 2.05) is 36.8 Å². The summed E-state index contributed by atoms with van der Waals surface area (Å²) in [5.74, 6) is 0. The average molecular weight is 213 g/mol. The van der Waals surface area contributed by atoms with Crippen molar-refractivity contribution >= 4 is 0 Å². The summed E-state index contributed by atoms with van der Waals surface area (Å²) in [6, 6.07) is 8.13. The molecule has 0 unspecified atom stereocenters. The van der Waals surface area contributed by atoms with Crippen molar-refractivity contribution in [1.29, 1.82) is 0 Å². The van der Waals surface area contributed by atoms with Crippen LogP contribution in [0.25, 0.3) is 0 Å². The molecule has 82 valence electrons. The van der Waals surface area contributed by atoms with Crippen LogP contribution in [0.15, 0.2) is 49.1 Å². The lowest BCUT2D eigenvalue weighted by molar-refractivity contribution is 0.685. The maximum Gasteiger partial charge on any atom is 0.0312 e. The summed E-state index contributed by atoms with van der Waals surface area (Å²) < 4.78 is 0. The smallest absolute Gasteiger partial charge is 0.0312 e. The predicted molar refractivity (Wildman–Crippen MR) is 63.9 cm³/mol. The van der Waals surface area contributed by atoms with Crippen molar-refractivity contribution in [1.82, 2.24) is 15.3 Å². The lowest BCUT2D eigenvalue weighted by atomic mass is 10.2. The van der Waals surface area contributed by atoms with Gasteiger partial charge in [0.1, 0.15) is 0 Å². The van der Waals surface area contributed by atoms with E-state index in [2.05, 4.69) is 21.4 Å². The second-order valence-electron chi connectivity index (χ2n) is 3.64. The van der Waals surface area contributed by atoms with Crippen LogP contribution in [0.5, 0.6) is 0 Å². The predicted octanol–water partition coefficient (Wildman–Crippen LogP) is 1.81. The zero-order chi connectivity index (χ0) is 11.1. The molecular weight excluding hydrogens is 198 g/mol. The molecule has 0 aliphatic heterocycles. The van der Waals surface area contributed by atoms with E-state index >= 15 is 0 Å². The molecule has 0 aliphatic carbocycles. The molecule has 2 heterocycles. The molecule has 0 amide bonds. The van der Waals surface area contributed by atoms with Gasteiger partial charge in [-0.3, -0.25) is 9.97 Å². The fourth-order valence-corrected chi connectivity index (χ4v) is 1.52. The molecule has 0 bridgehead atoms. The summed E-state index contributed by atoms with van der Waals surface area (Å²) in [5, 5.41) is 3.39. The molecule has 2 aromatic rings. The first-order valence-corrected chi connectivity index (χ1v) is 5.44. The van der Waals surface area contributed by atoms with Crippen molar-refractivity contribution in [2.45, 2.75) is 13.0 Å². The Labute approximate surface area is 95.6 Å². The molecule has 0 aromatic carbocycles. The van der Waals surface area contributed by atoms with Crippen LogP contribution in [0.3, 0.4) is 0 Å². The fraction of sp³-hybridized carbons (Fsp3) is 0.231. The van der Waals surface area contributed by atoms with Gasteiger partial charge in [0, 0.05) is 31.3 Å². The summed E-state index contributed by atoms with van der Waals surface area (Å²) in [5.41, 5.74) is 2.53. The van der Waals surface area contributed by atoms with Gasteiger partial charge < -0.3 is 5.32 Å². The first kappa shape index (κ1) is 10.8. The van der Waals surface area contributed by atoms with Crippen LogP contribution in [0, 0.1) is 0 Å². The summed E-state index contributed by atoms with van der Waals surface area (Å²) in [7, 11) is 0. The third-order valence-corrected chi connectivity index (χ3v) is 2.39. The van der Waals surface area contributed by atoms with Crippen molar-refractivity contribution < 1.29 is 0 Å². The van der Waals surface area contributed by atoms with E-state index in [-0.39, 0.29) is 0 Å². The summed E-state index contributed by atoms with van der Waals surface area (Å²) in [6.45, 7) is 1.85. The molecule has 1 N–H and O–H groups in total. The van der Waals surface area contributed by atoms with E-state index in [1.54, 1.807) is 6.20 Å². The standard InChI is InChI=1S/C13H15N3/c1-2-13(10-15-6-1)11-16-9-5-12-3-7-14-8-4-12/h1-4,6-8,10,16H,5,9,11H2. The Bertz CT molecular complexity index is 359. The summed E-state index contributed by atoms with van der Waals surface area (Å²) in [6.07, 6.45) is 8.37. The van der Waals surface area contributed by atoms with Crippen LogP contribution in [0.1, 0.15) is 11.1 Å². The quantitative estimate of drug-likeness (QED) is 0.770. The largest absolute Gasteiger partial charge is 0.312 e. The van der Waals surface area contributed by atoms with E-state index in [1.165, 1.54) is 11.1 Å². The number of nitrogens with zero attached hydrogens (tertiary/aromatic N) is 2. The second kappa shape index (κ2) is 5.98. The number of pyridine rings is 2. The normalized spacial score (nSPS) is 10.2. The van der Waals surface area contributed by atoms with Crippen LogP contribution >= 0.6 is 0 Å². The number of hydrogen-bond donors (Lipinski definition) is 1. The van der Waals surface area contributed by atoms with Crippen molar-refractivity contribution in [2.75, 3.05) is 6.54 Å². The molecule has 0 fully saturated rings. The third-order valence-electron chi connectivity index (χ3n) is 2.39. The highest BCUT2D eigenvalue weighted by atomic mass is 14.8. The van der Waals surface area contributed by atoms with Crippen molar-refractivity contribution in [3.63, 3.8) is 0 Å². The molecule has 0 atom stereocenters. The second-order valence-corrected chi connectivity index (χ2v) is 3.64. The minimum absolute atomic E-state index is 0.874. The van der Waals surface area contributed by atoms with E-state index in [0.29, 0.717) is 0 Å². The molecule has 3 nitrogen and oxygen atoms in total. The number of hydrogen-bond acceptors (Lipinski definition) is 3. The number of aromatic nitrogens is 2. The van der Waals surface area contributed by atoms with Gasteiger partial charge in [0.05, 0.1) is 0 Å². The van der Waals surface area contributed by atoms with Crippen molar-refractivity contribution in [2.24, 2.45) is 0 Å². The van der Waals surface area contributed by atoms with Gasteiger partial charge in [-0.15, -0.1) is 0 Å². The Morgan fingerprint density at radius 3 is 2.56 bits per heavy atom. The first-order valence-electron chi connectivity index (χ1n) is 5.44. The zero-order valence-corrected chi connectivity index (χ0v) is 9.13. The van der Waals surface area contributed by atoms with Gasteiger partial charge in [-0.05, 0) is 42.3 Å². The maximum absolute atomic E-state index is 4.07. The molecule has 2 rings (SSSR count). The Balaban J connectivity index is 1.70. The number of rotatable bonds is 5. The average Bonchev–Trinajstić information content (AvgIpc) is 2.37. The lowest BCUT2D eigenvalue weighted by Gasteiger charge is -2.04. The highest BCUT2D eigenvalue weighted by Crippen LogP contribution is 1.97. The van der Waals surface area contributed by atoms with Crippen LogP contribution in [-0.4, -0.2) is 16.5 Å². The zero-order valence-electron chi connectivity index (χ0n) is 9.13. The fourth-order valence-electron chi connectivity index (χ4n) is 1.52. The third kappa shape index (κ3) is 3.44. The number of nitrogens with one attached hydrogen (secondary N) is 1. The van der Waals surface area contributed by atoms with E-state index < -0.39 is 0 Å². The van der Waals surface area contributed by atoms with Crippen molar-refractivity contribution in [3.05, 3.63) is 60.2 Å². The van der Waals surface area contributed by atoms with Gasteiger partial charge in [0.15, 0.2) is 0 Å².